The summed E-state index contributed by atoms with van der Waals surface area (Å²) in [4.78, 5) is 22.6. The number of carbonyl (C=O) groups is 2. The number of carboxylic acid groups (broad SMARTS) is 1. The second-order valence-corrected chi connectivity index (χ2v) is 6.61. The predicted octanol–water partition coefficient (Wildman–Crippen LogP) is 2.37. The Hall–Kier alpha value is -1.26. The van der Waals surface area contributed by atoms with Crippen molar-refractivity contribution in [3.05, 3.63) is 0 Å². The molecule has 0 aromatic heterocycles. The Morgan fingerprint density at radius 2 is 1.80 bits per heavy atom. The lowest BCUT2D eigenvalue weighted by Crippen LogP contribution is -2.41. The number of nitrogens with one attached hydrogen (secondary N) is 2. The van der Waals surface area contributed by atoms with Crippen molar-refractivity contribution in [1.29, 1.82) is 0 Å². The highest BCUT2D eigenvalue weighted by atomic mass is 16.4. The van der Waals surface area contributed by atoms with Crippen LogP contribution in [0.4, 0.5) is 4.79 Å². The van der Waals surface area contributed by atoms with E-state index in [1.54, 1.807) is 0 Å². The zero-order valence-electron chi connectivity index (χ0n) is 12.3. The van der Waals surface area contributed by atoms with Crippen LogP contribution in [0.5, 0.6) is 0 Å². The van der Waals surface area contributed by atoms with Gasteiger partial charge in [0.1, 0.15) is 0 Å². The van der Waals surface area contributed by atoms with E-state index in [2.05, 4.69) is 17.6 Å². The number of hydrogen-bond acceptors (Lipinski definition) is 2. The SMILES string of the molecule is CC1CCC(CCNC(=O)NCC2(C(=O)O)CC2)CC1. The molecule has 2 aliphatic carbocycles. The Bertz CT molecular complexity index is 358. The summed E-state index contributed by atoms with van der Waals surface area (Å²) in [6.07, 6.45) is 7.52. The standard InChI is InChI=1S/C15H26N2O3/c1-11-2-4-12(5-3-11)6-9-16-14(20)17-10-15(7-8-15)13(18)19/h11-12H,2-10H2,1H3,(H,18,19)(H2,16,17,20). The normalized spacial score (nSPS) is 27.6. The molecule has 0 heterocycles. The van der Waals surface area contributed by atoms with E-state index in [1.807, 2.05) is 0 Å². The third kappa shape index (κ3) is 4.12. The van der Waals surface area contributed by atoms with Crippen LogP contribution in [0.25, 0.3) is 0 Å². The summed E-state index contributed by atoms with van der Waals surface area (Å²) in [6, 6.07) is -0.235. The summed E-state index contributed by atoms with van der Waals surface area (Å²) in [5.74, 6) is 0.794. The Morgan fingerprint density at radius 1 is 1.15 bits per heavy atom. The fourth-order valence-electron chi connectivity index (χ4n) is 2.94. The van der Waals surface area contributed by atoms with Gasteiger partial charge in [-0.3, -0.25) is 4.79 Å². The molecule has 0 bridgehead atoms. The van der Waals surface area contributed by atoms with Crippen molar-refractivity contribution in [2.24, 2.45) is 17.3 Å². The molecule has 3 N–H and O–H groups in total. The van der Waals surface area contributed by atoms with E-state index in [9.17, 15) is 9.59 Å². The molecular weight excluding hydrogens is 256 g/mol. The first-order valence-corrected chi connectivity index (χ1v) is 7.77. The van der Waals surface area contributed by atoms with Gasteiger partial charge in [0.05, 0.1) is 5.41 Å². The van der Waals surface area contributed by atoms with Crippen molar-refractivity contribution >= 4 is 12.0 Å². The molecule has 0 spiro atoms. The molecule has 2 aliphatic rings. The van der Waals surface area contributed by atoms with Crippen LogP contribution < -0.4 is 10.6 Å². The second-order valence-electron chi connectivity index (χ2n) is 6.61. The van der Waals surface area contributed by atoms with Crippen LogP contribution in [0.1, 0.15) is 51.9 Å². The Labute approximate surface area is 120 Å². The molecule has 2 amide bonds. The van der Waals surface area contributed by atoms with Crippen molar-refractivity contribution in [2.45, 2.75) is 51.9 Å². The van der Waals surface area contributed by atoms with E-state index in [0.717, 1.165) is 18.3 Å². The molecule has 2 rings (SSSR count). The summed E-state index contributed by atoms with van der Waals surface area (Å²) in [5.41, 5.74) is -0.684. The van der Waals surface area contributed by atoms with Crippen LogP contribution in [0.3, 0.4) is 0 Å². The minimum atomic E-state index is -0.797. The van der Waals surface area contributed by atoms with Gasteiger partial charge in [-0.25, -0.2) is 4.79 Å². The van der Waals surface area contributed by atoms with Crippen LogP contribution in [0, 0.1) is 17.3 Å². The Kier molecular flexibility index (Phi) is 4.89. The first-order chi connectivity index (χ1) is 9.52. The molecule has 5 heteroatoms. The molecular formula is C15H26N2O3. The number of urea groups is 1. The Morgan fingerprint density at radius 3 is 2.35 bits per heavy atom. The van der Waals surface area contributed by atoms with Gasteiger partial charge in [0.2, 0.25) is 0 Å². The third-order valence-electron chi connectivity index (χ3n) is 4.87. The average molecular weight is 282 g/mol. The van der Waals surface area contributed by atoms with E-state index in [1.165, 1.54) is 25.7 Å². The van der Waals surface area contributed by atoms with Gasteiger partial charge in [-0.15, -0.1) is 0 Å². The van der Waals surface area contributed by atoms with E-state index in [-0.39, 0.29) is 12.6 Å². The minimum absolute atomic E-state index is 0.235. The molecule has 0 saturated heterocycles. The van der Waals surface area contributed by atoms with E-state index < -0.39 is 11.4 Å². The maximum absolute atomic E-state index is 11.6. The summed E-state index contributed by atoms with van der Waals surface area (Å²) in [6.45, 7) is 3.23. The molecule has 20 heavy (non-hydrogen) atoms. The molecule has 0 aliphatic heterocycles. The average Bonchev–Trinajstić information content (AvgIpc) is 3.20. The van der Waals surface area contributed by atoms with Crippen molar-refractivity contribution in [3.8, 4) is 0 Å². The van der Waals surface area contributed by atoms with Crippen LogP contribution in [-0.2, 0) is 4.79 Å². The molecule has 2 fully saturated rings. The lowest BCUT2D eigenvalue weighted by atomic mass is 9.81. The van der Waals surface area contributed by atoms with Gasteiger partial charge in [-0.05, 0) is 31.1 Å². The second kappa shape index (κ2) is 6.46. The fraction of sp³-hybridized carbons (Fsp3) is 0.867. The van der Waals surface area contributed by atoms with Crippen molar-refractivity contribution in [2.75, 3.05) is 13.1 Å². The van der Waals surface area contributed by atoms with Gasteiger partial charge >= 0.3 is 12.0 Å². The number of carboxylic acids is 1. The zero-order valence-corrected chi connectivity index (χ0v) is 12.3. The van der Waals surface area contributed by atoms with E-state index >= 15 is 0 Å². The smallest absolute Gasteiger partial charge is 0.314 e. The van der Waals surface area contributed by atoms with E-state index in [4.69, 9.17) is 5.11 Å². The topological polar surface area (TPSA) is 78.4 Å². The quantitative estimate of drug-likeness (QED) is 0.700. The highest BCUT2D eigenvalue weighted by Crippen LogP contribution is 2.45. The summed E-state index contributed by atoms with van der Waals surface area (Å²) in [5, 5.41) is 14.5. The highest BCUT2D eigenvalue weighted by Gasteiger charge is 2.50. The first-order valence-electron chi connectivity index (χ1n) is 7.77. The molecule has 0 aromatic rings. The van der Waals surface area contributed by atoms with Gasteiger partial charge in [0, 0.05) is 13.1 Å². The highest BCUT2D eigenvalue weighted by molar-refractivity contribution is 5.80. The molecule has 0 aromatic carbocycles. The summed E-state index contributed by atoms with van der Waals surface area (Å²) >= 11 is 0. The van der Waals surface area contributed by atoms with Crippen LogP contribution in [-0.4, -0.2) is 30.2 Å². The number of rotatable bonds is 6. The van der Waals surface area contributed by atoms with Crippen LogP contribution in [0.2, 0.25) is 0 Å². The van der Waals surface area contributed by atoms with Gasteiger partial charge in [0.15, 0.2) is 0 Å². The third-order valence-corrected chi connectivity index (χ3v) is 4.87. The number of hydrogen-bond donors (Lipinski definition) is 3. The number of aliphatic carboxylic acids is 1. The number of carbonyl (C=O) groups excluding carboxylic acids is 1. The lowest BCUT2D eigenvalue weighted by Gasteiger charge is -2.26. The maximum atomic E-state index is 11.6. The minimum Gasteiger partial charge on any atom is -0.481 e. The molecule has 5 nitrogen and oxygen atoms in total. The molecule has 114 valence electrons. The summed E-state index contributed by atoms with van der Waals surface area (Å²) < 4.78 is 0. The zero-order chi connectivity index (χ0) is 14.6. The van der Waals surface area contributed by atoms with Crippen LogP contribution in [0.15, 0.2) is 0 Å². The van der Waals surface area contributed by atoms with Crippen LogP contribution >= 0.6 is 0 Å². The Balaban J connectivity index is 1.55. The van der Waals surface area contributed by atoms with Gasteiger partial charge in [-0.2, -0.15) is 0 Å². The molecule has 0 radical (unpaired) electrons. The first kappa shape index (κ1) is 15.1. The van der Waals surface area contributed by atoms with Gasteiger partial charge < -0.3 is 15.7 Å². The monoisotopic (exact) mass is 282 g/mol. The molecule has 0 unspecified atom stereocenters. The molecule has 2 saturated carbocycles. The van der Waals surface area contributed by atoms with E-state index in [0.29, 0.717) is 19.4 Å². The number of amides is 2. The lowest BCUT2D eigenvalue weighted by molar-refractivity contribution is -0.143. The maximum Gasteiger partial charge on any atom is 0.314 e. The fourth-order valence-corrected chi connectivity index (χ4v) is 2.94. The van der Waals surface area contributed by atoms with Crippen molar-refractivity contribution < 1.29 is 14.7 Å². The van der Waals surface area contributed by atoms with Crippen molar-refractivity contribution in [3.63, 3.8) is 0 Å². The van der Waals surface area contributed by atoms with Gasteiger partial charge in [0.25, 0.3) is 0 Å². The summed E-state index contributed by atoms with van der Waals surface area (Å²) in [7, 11) is 0. The van der Waals surface area contributed by atoms with Gasteiger partial charge in [-0.1, -0.05) is 32.6 Å². The predicted molar refractivity (Wildman–Crippen MR) is 76.4 cm³/mol. The molecule has 0 atom stereocenters. The van der Waals surface area contributed by atoms with Crippen molar-refractivity contribution in [1.82, 2.24) is 10.6 Å². The largest absolute Gasteiger partial charge is 0.481 e.